The minimum Gasteiger partial charge on any atom is -0.484 e. The lowest BCUT2D eigenvalue weighted by Gasteiger charge is -2.18. The van der Waals surface area contributed by atoms with Crippen molar-refractivity contribution < 1.29 is 19.1 Å². The molecule has 1 aromatic heterocycles. The monoisotopic (exact) mass is 387 g/mol. The van der Waals surface area contributed by atoms with Crippen LogP contribution in [-0.2, 0) is 22.4 Å². The second kappa shape index (κ2) is 8.13. The minimum absolute atomic E-state index is 0.109. The molecular formula is C21H25NO4S. The molecule has 0 radical (unpaired) electrons. The Labute approximate surface area is 163 Å². The quantitative estimate of drug-likeness (QED) is 0.777. The predicted molar refractivity (Wildman–Crippen MR) is 107 cm³/mol. The third-order valence-corrected chi connectivity index (χ3v) is 5.89. The van der Waals surface area contributed by atoms with Gasteiger partial charge in [-0.05, 0) is 67.9 Å². The van der Waals surface area contributed by atoms with Crippen LogP contribution >= 0.6 is 11.3 Å². The first-order valence-electron chi connectivity index (χ1n) is 9.11. The zero-order chi connectivity index (χ0) is 19.6. The van der Waals surface area contributed by atoms with Gasteiger partial charge in [-0.25, -0.2) is 4.79 Å². The van der Waals surface area contributed by atoms with Crippen LogP contribution in [0.25, 0.3) is 0 Å². The number of carbonyl (C=O) groups excluding carboxylic acids is 2. The molecule has 0 unspecified atom stereocenters. The number of rotatable bonds is 5. The molecule has 0 fully saturated rings. The van der Waals surface area contributed by atoms with Crippen LogP contribution in [0.3, 0.4) is 0 Å². The van der Waals surface area contributed by atoms with E-state index in [0.717, 1.165) is 36.0 Å². The molecule has 1 N–H and O–H groups in total. The molecule has 1 amide bonds. The molecule has 1 aliphatic carbocycles. The van der Waals surface area contributed by atoms with Gasteiger partial charge in [0.1, 0.15) is 10.8 Å². The molecule has 1 atom stereocenters. The summed E-state index contributed by atoms with van der Waals surface area (Å²) in [4.78, 5) is 25.9. The Morgan fingerprint density at radius 2 is 1.93 bits per heavy atom. The highest BCUT2D eigenvalue weighted by molar-refractivity contribution is 7.17. The van der Waals surface area contributed by atoms with Crippen molar-refractivity contribution in [1.82, 2.24) is 0 Å². The van der Waals surface area contributed by atoms with E-state index in [4.69, 9.17) is 9.47 Å². The number of anilines is 1. The van der Waals surface area contributed by atoms with Crippen molar-refractivity contribution >= 4 is 28.2 Å². The molecule has 0 saturated heterocycles. The fourth-order valence-corrected chi connectivity index (χ4v) is 4.90. The van der Waals surface area contributed by atoms with Gasteiger partial charge < -0.3 is 14.8 Å². The summed E-state index contributed by atoms with van der Waals surface area (Å²) in [6.07, 6.45) is 2.81. The van der Waals surface area contributed by atoms with E-state index in [1.165, 1.54) is 23.3 Å². The standard InChI is InChI=1S/C21H25NO4S/c1-12-5-6-16-17(10-12)27-20(19(16)21(24)25-4)22-18(23)11-26-15-8-13(2)7-14(3)9-15/h7-9,12H,5-6,10-11H2,1-4H3,(H,22,23)/t12-/m1/s1. The van der Waals surface area contributed by atoms with Crippen LogP contribution in [0.1, 0.15) is 45.3 Å². The first-order chi connectivity index (χ1) is 12.9. The van der Waals surface area contributed by atoms with Gasteiger partial charge in [-0.2, -0.15) is 0 Å². The maximum atomic E-state index is 12.4. The molecular weight excluding hydrogens is 362 g/mol. The first-order valence-corrected chi connectivity index (χ1v) is 9.92. The lowest BCUT2D eigenvalue weighted by Crippen LogP contribution is -2.21. The molecule has 6 heteroatoms. The number of amides is 1. The number of thiophene rings is 1. The van der Waals surface area contributed by atoms with E-state index < -0.39 is 5.97 Å². The van der Waals surface area contributed by atoms with E-state index in [1.807, 2.05) is 32.0 Å². The van der Waals surface area contributed by atoms with E-state index in [9.17, 15) is 9.59 Å². The van der Waals surface area contributed by atoms with Gasteiger partial charge in [0.25, 0.3) is 5.91 Å². The fraction of sp³-hybridized carbons (Fsp3) is 0.429. The molecule has 0 saturated carbocycles. The molecule has 0 aliphatic heterocycles. The van der Waals surface area contributed by atoms with Crippen LogP contribution in [0.2, 0.25) is 0 Å². The second-order valence-corrected chi connectivity index (χ2v) is 8.31. The van der Waals surface area contributed by atoms with E-state index in [0.29, 0.717) is 22.2 Å². The van der Waals surface area contributed by atoms with Crippen LogP contribution in [0.5, 0.6) is 5.75 Å². The summed E-state index contributed by atoms with van der Waals surface area (Å²) in [6.45, 7) is 6.07. The van der Waals surface area contributed by atoms with Gasteiger partial charge in [-0.1, -0.05) is 13.0 Å². The van der Waals surface area contributed by atoms with Gasteiger partial charge in [-0.3, -0.25) is 4.79 Å². The predicted octanol–water partition coefficient (Wildman–Crippen LogP) is 4.29. The zero-order valence-electron chi connectivity index (χ0n) is 16.2. The molecule has 1 heterocycles. The highest BCUT2D eigenvalue weighted by Crippen LogP contribution is 2.40. The Balaban J connectivity index is 1.74. The smallest absolute Gasteiger partial charge is 0.341 e. The average Bonchev–Trinajstić information content (AvgIpc) is 2.95. The van der Waals surface area contributed by atoms with Crippen molar-refractivity contribution in [3.05, 3.63) is 45.3 Å². The van der Waals surface area contributed by atoms with Crippen molar-refractivity contribution in [2.24, 2.45) is 5.92 Å². The second-order valence-electron chi connectivity index (χ2n) is 7.21. The third-order valence-electron chi connectivity index (χ3n) is 4.72. The van der Waals surface area contributed by atoms with Gasteiger partial charge in [0.15, 0.2) is 6.61 Å². The number of nitrogens with one attached hydrogen (secondary N) is 1. The molecule has 3 rings (SSSR count). The normalized spacial score (nSPS) is 15.8. The summed E-state index contributed by atoms with van der Waals surface area (Å²) in [5.74, 6) is 0.562. The molecule has 1 aromatic carbocycles. The van der Waals surface area contributed by atoms with Crippen LogP contribution in [-0.4, -0.2) is 25.6 Å². The van der Waals surface area contributed by atoms with Crippen LogP contribution in [0.15, 0.2) is 18.2 Å². The lowest BCUT2D eigenvalue weighted by atomic mass is 9.88. The van der Waals surface area contributed by atoms with Crippen molar-refractivity contribution in [2.45, 2.75) is 40.0 Å². The van der Waals surface area contributed by atoms with Gasteiger partial charge >= 0.3 is 5.97 Å². The summed E-state index contributed by atoms with van der Waals surface area (Å²) >= 11 is 1.48. The van der Waals surface area contributed by atoms with Crippen molar-refractivity contribution in [3.8, 4) is 5.75 Å². The SMILES string of the molecule is COC(=O)c1c(NC(=O)COc2cc(C)cc(C)c2)sc2c1CC[C@@H](C)C2. The molecule has 0 spiro atoms. The van der Waals surface area contributed by atoms with Crippen molar-refractivity contribution in [1.29, 1.82) is 0 Å². The topological polar surface area (TPSA) is 64.6 Å². The van der Waals surface area contributed by atoms with Gasteiger partial charge in [0.05, 0.1) is 12.7 Å². The molecule has 144 valence electrons. The summed E-state index contributed by atoms with van der Waals surface area (Å²) in [5.41, 5.74) is 3.69. The minimum atomic E-state index is -0.396. The molecule has 0 bridgehead atoms. The molecule has 1 aliphatic rings. The van der Waals surface area contributed by atoms with Gasteiger partial charge in [0, 0.05) is 4.88 Å². The first kappa shape index (κ1) is 19.4. The summed E-state index contributed by atoms with van der Waals surface area (Å²) in [5, 5.41) is 3.42. The Kier molecular flexibility index (Phi) is 5.85. The zero-order valence-corrected chi connectivity index (χ0v) is 17.0. The number of ether oxygens (including phenoxy) is 2. The Morgan fingerprint density at radius 3 is 2.59 bits per heavy atom. The number of hydrogen-bond donors (Lipinski definition) is 1. The van der Waals surface area contributed by atoms with E-state index in [2.05, 4.69) is 12.2 Å². The van der Waals surface area contributed by atoms with Crippen LogP contribution in [0, 0.1) is 19.8 Å². The van der Waals surface area contributed by atoms with Crippen LogP contribution in [0.4, 0.5) is 5.00 Å². The molecule has 5 nitrogen and oxygen atoms in total. The average molecular weight is 388 g/mol. The summed E-state index contributed by atoms with van der Waals surface area (Å²) < 4.78 is 10.6. The van der Waals surface area contributed by atoms with Gasteiger partial charge in [0.2, 0.25) is 0 Å². The highest BCUT2D eigenvalue weighted by atomic mass is 32.1. The molecule has 2 aromatic rings. The summed E-state index contributed by atoms with van der Waals surface area (Å²) in [7, 11) is 1.37. The maximum Gasteiger partial charge on any atom is 0.341 e. The van der Waals surface area contributed by atoms with Crippen molar-refractivity contribution in [2.75, 3.05) is 19.0 Å². The number of fused-ring (bicyclic) bond motifs is 1. The largest absolute Gasteiger partial charge is 0.484 e. The number of benzene rings is 1. The number of hydrogen-bond acceptors (Lipinski definition) is 5. The highest BCUT2D eigenvalue weighted by Gasteiger charge is 2.28. The fourth-order valence-electron chi connectivity index (χ4n) is 3.48. The maximum absolute atomic E-state index is 12.4. The lowest BCUT2D eigenvalue weighted by molar-refractivity contribution is -0.118. The van der Waals surface area contributed by atoms with Gasteiger partial charge in [-0.15, -0.1) is 11.3 Å². The third kappa shape index (κ3) is 4.50. The van der Waals surface area contributed by atoms with Crippen molar-refractivity contribution in [3.63, 3.8) is 0 Å². The van der Waals surface area contributed by atoms with Crippen LogP contribution < -0.4 is 10.1 Å². The number of esters is 1. The Morgan fingerprint density at radius 1 is 1.22 bits per heavy atom. The van der Waals surface area contributed by atoms with E-state index in [-0.39, 0.29) is 12.5 Å². The Hall–Kier alpha value is -2.34. The number of carbonyl (C=O) groups is 2. The van der Waals surface area contributed by atoms with E-state index in [1.54, 1.807) is 0 Å². The van der Waals surface area contributed by atoms with E-state index >= 15 is 0 Å². The Bertz CT molecular complexity index is 851. The number of methoxy groups -OCH3 is 1. The number of aryl methyl sites for hydroxylation is 2. The summed E-state index contributed by atoms with van der Waals surface area (Å²) in [6, 6.07) is 5.84. The molecule has 27 heavy (non-hydrogen) atoms.